The Balaban J connectivity index is 1.93. The van der Waals surface area contributed by atoms with Gasteiger partial charge in [-0.3, -0.25) is 0 Å². The van der Waals surface area contributed by atoms with E-state index >= 15 is 0 Å². The Kier molecular flexibility index (Phi) is 5.08. The quantitative estimate of drug-likeness (QED) is 0.685. The standard InChI is InChI=1S/C8H14ClNS/c9-4-2-5-10-7-8-3-1-6-11-8/h2,4,8,10H,1,3,5-7H2/b4-2+. The fourth-order valence-corrected chi connectivity index (χ4v) is 2.50. The van der Waals surface area contributed by atoms with E-state index in [-0.39, 0.29) is 0 Å². The van der Waals surface area contributed by atoms with Crippen LogP contribution in [0, 0.1) is 0 Å². The Morgan fingerprint density at radius 2 is 2.55 bits per heavy atom. The minimum atomic E-state index is 0.846. The van der Waals surface area contributed by atoms with E-state index in [1.807, 2.05) is 6.08 Å². The second kappa shape index (κ2) is 5.92. The molecule has 1 unspecified atom stereocenters. The van der Waals surface area contributed by atoms with Crippen molar-refractivity contribution in [3.63, 3.8) is 0 Å². The van der Waals surface area contributed by atoms with E-state index in [0.29, 0.717) is 0 Å². The predicted molar refractivity (Wildman–Crippen MR) is 53.3 cm³/mol. The summed E-state index contributed by atoms with van der Waals surface area (Å²) in [5.74, 6) is 1.34. The number of halogens is 1. The number of hydrogen-bond donors (Lipinski definition) is 1. The zero-order valence-electron chi connectivity index (χ0n) is 6.55. The summed E-state index contributed by atoms with van der Waals surface area (Å²) < 4.78 is 0. The van der Waals surface area contributed by atoms with E-state index < -0.39 is 0 Å². The van der Waals surface area contributed by atoms with Crippen LogP contribution < -0.4 is 5.32 Å². The molecule has 1 heterocycles. The second-order valence-electron chi connectivity index (χ2n) is 2.65. The number of thioether (sulfide) groups is 1. The van der Waals surface area contributed by atoms with Crippen LogP contribution in [0.1, 0.15) is 12.8 Å². The van der Waals surface area contributed by atoms with E-state index in [0.717, 1.165) is 18.3 Å². The van der Waals surface area contributed by atoms with Gasteiger partial charge in [0, 0.05) is 23.9 Å². The summed E-state index contributed by atoms with van der Waals surface area (Å²) >= 11 is 7.45. The first-order valence-electron chi connectivity index (χ1n) is 4.01. The Morgan fingerprint density at radius 1 is 1.64 bits per heavy atom. The Labute approximate surface area is 77.6 Å². The average Bonchev–Trinajstić information content (AvgIpc) is 2.50. The molecule has 0 aromatic carbocycles. The summed E-state index contributed by atoms with van der Waals surface area (Å²) in [6, 6.07) is 0. The summed E-state index contributed by atoms with van der Waals surface area (Å²) in [4.78, 5) is 0. The predicted octanol–water partition coefficient (Wildman–Crippen LogP) is 2.22. The van der Waals surface area contributed by atoms with Crippen molar-refractivity contribution in [3.8, 4) is 0 Å². The van der Waals surface area contributed by atoms with Crippen LogP contribution in [0.3, 0.4) is 0 Å². The Hall–Kier alpha value is 0.340. The minimum Gasteiger partial charge on any atom is -0.312 e. The summed E-state index contributed by atoms with van der Waals surface area (Å²) in [5.41, 5.74) is 1.56. The zero-order chi connectivity index (χ0) is 7.94. The van der Waals surface area contributed by atoms with Crippen molar-refractivity contribution in [1.29, 1.82) is 0 Å². The molecule has 1 atom stereocenters. The molecule has 0 radical (unpaired) electrons. The van der Waals surface area contributed by atoms with Crippen molar-refractivity contribution >= 4 is 23.4 Å². The molecule has 3 heteroatoms. The Bertz CT molecular complexity index is 121. The van der Waals surface area contributed by atoms with Crippen molar-refractivity contribution in [1.82, 2.24) is 5.32 Å². The molecule has 0 aromatic rings. The van der Waals surface area contributed by atoms with Gasteiger partial charge in [0.25, 0.3) is 0 Å². The lowest BCUT2D eigenvalue weighted by atomic mass is 10.2. The van der Waals surface area contributed by atoms with Crippen LogP contribution in [0.4, 0.5) is 0 Å². The highest BCUT2D eigenvalue weighted by molar-refractivity contribution is 8.00. The third kappa shape index (κ3) is 4.04. The maximum atomic E-state index is 5.37. The van der Waals surface area contributed by atoms with Crippen molar-refractivity contribution in [3.05, 3.63) is 11.6 Å². The molecule has 0 aliphatic carbocycles. The van der Waals surface area contributed by atoms with E-state index in [2.05, 4.69) is 17.1 Å². The lowest BCUT2D eigenvalue weighted by Gasteiger charge is -2.07. The van der Waals surface area contributed by atoms with Gasteiger partial charge < -0.3 is 5.32 Å². The summed E-state index contributed by atoms with van der Waals surface area (Å²) in [6.45, 7) is 2.03. The molecule has 0 spiro atoms. The second-order valence-corrected chi connectivity index (χ2v) is 4.32. The van der Waals surface area contributed by atoms with Gasteiger partial charge in [-0.05, 0) is 18.6 Å². The molecule has 0 saturated carbocycles. The fraction of sp³-hybridized carbons (Fsp3) is 0.750. The van der Waals surface area contributed by atoms with Crippen molar-refractivity contribution in [2.24, 2.45) is 0 Å². The summed E-state index contributed by atoms with van der Waals surface area (Å²) in [6.07, 6.45) is 4.70. The molecule has 1 saturated heterocycles. The lowest BCUT2D eigenvalue weighted by molar-refractivity contribution is 0.684. The van der Waals surface area contributed by atoms with Gasteiger partial charge in [-0.25, -0.2) is 0 Å². The van der Waals surface area contributed by atoms with Crippen LogP contribution >= 0.6 is 23.4 Å². The average molecular weight is 192 g/mol. The van der Waals surface area contributed by atoms with Gasteiger partial charge in [-0.1, -0.05) is 17.7 Å². The SMILES string of the molecule is Cl/C=C/CNCC1CCCS1. The van der Waals surface area contributed by atoms with Gasteiger partial charge in [0.15, 0.2) is 0 Å². The molecule has 1 N–H and O–H groups in total. The van der Waals surface area contributed by atoms with Crippen LogP contribution in [0.25, 0.3) is 0 Å². The maximum absolute atomic E-state index is 5.37. The van der Waals surface area contributed by atoms with Crippen LogP contribution in [-0.4, -0.2) is 24.1 Å². The first kappa shape index (κ1) is 9.43. The summed E-state index contributed by atoms with van der Waals surface area (Å²) in [7, 11) is 0. The molecule has 1 aliphatic heterocycles. The molecule has 1 aliphatic rings. The molecule has 0 aromatic heterocycles. The van der Waals surface area contributed by atoms with Crippen molar-refractivity contribution in [2.75, 3.05) is 18.8 Å². The number of nitrogens with one attached hydrogen (secondary N) is 1. The van der Waals surface area contributed by atoms with Crippen LogP contribution in [0.15, 0.2) is 11.6 Å². The van der Waals surface area contributed by atoms with Gasteiger partial charge in [0.2, 0.25) is 0 Å². The van der Waals surface area contributed by atoms with E-state index in [9.17, 15) is 0 Å². The molecule has 0 bridgehead atoms. The van der Waals surface area contributed by atoms with Crippen molar-refractivity contribution < 1.29 is 0 Å². The molecule has 1 fully saturated rings. The molecule has 1 nitrogen and oxygen atoms in total. The van der Waals surface area contributed by atoms with Crippen LogP contribution in [-0.2, 0) is 0 Å². The minimum absolute atomic E-state index is 0.846. The van der Waals surface area contributed by atoms with Crippen molar-refractivity contribution in [2.45, 2.75) is 18.1 Å². The third-order valence-electron chi connectivity index (χ3n) is 1.75. The maximum Gasteiger partial charge on any atom is 0.0172 e. The monoisotopic (exact) mass is 191 g/mol. The number of rotatable bonds is 4. The van der Waals surface area contributed by atoms with Gasteiger partial charge in [0.1, 0.15) is 0 Å². The topological polar surface area (TPSA) is 12.0 Å². The molecule has 0 amide bonds. The smallest absolute Gasteiger partial charge is 0.0172 e. The van der Waals surface area contributed by atoms with E-state index in [1.165, 1.54) is 18.6 Å². The highest BCUT2D eigenvalue weighted by Gasteiger charge is 2.13. The zero-order valence-corrected chi connectivity index (χ0v) is 8.13. The first-order chi connectivity index (χ1) is 5.43. The molecule has 11 heavy (non-hydrogen) atoms. The third-order valence-corrected chi connectivity index (χ3v) is 3.32. The van der Waals surface area contributed by atoms with E-state index in [1.54, 1.807) is 5.54 Å². The van der Waals surface area contributed by atoms with Gasteiger partial charge in [0.05, 0.1) is 0 Å². The highest BCUT2D eigenvalue weighted by Crippen LogP contribution is 2.24. The molecular weight excluding hydrogens is 178 g/mol. The summed E-state index contributed by atoms with van der Waals surface area (Å²) in [5, 5.41) is 4.18. The van der Waals surface area contributed by atoms with Crippen LogP contribution in [0.5, 0.6) is 0 Å². The van der Waals surface area contributed by atoms with Gasteiger partial charge >= 0.3 is 0 Å². The highest BCUT2D eigenvalue weighted by atomic mass is 35.5. The van der Waals surface area contributed by atoms with Gasteiger partial charge in [-0.2, -0.15) is 11.8 Å². The fourth-order valence-electron chi connectivity index (χ4n) is 1.18. The van der Waals surface area contributed by atoms with Crippen LogP contribution in [0.2, 0.25) is 0 Å². The van der Waals surface area contributed by atoms with E-state index in [4.69, 9.17) is 11.6 Å². The molecule has 64 valence electrons. The number of hydrogen-bond acceptors (Lipinski definition) is 2. The largest absolute Gasteiger partial charge is 0.312 e. The van der Waals surface area contributed by atoms with Gasteiger partial charge in [-0.15, -0.1) is 0 Å². The first-order valence-corrected chi connectivity index (χ1v) is 5.49. The Morgan fingerprint density at radius 3 is 3.18 bits per heavy atom. The molecule has 1 rings (SSSR count). The molecular formula is C8H14ClNS. The normalized spacial score (nSPS) is 25.0. The lowest BCUT2D eigenvalue weighted by Crippen LogP contribution is -2.22.